The van der Waals surface area contributed by atoms with Crippen molar-refractivity contribution in [1.29, 1.82) is 0 Å². The Morgan fingerprint density at radius 2 is 2.05 bits per heavy atom. The van der Waals surface area contributed by atoms with Crippen molar-refractivity contribution in [3.63, 3.8) is 0 Å². The van der Waals surface area contributed by atoms with Gasteiger partial charge in [-0.25, -0.2) is 0 Å². The third-order valence-corrected chi connectivity index (χ3v) is 4.08. The van der Waals surface area contributed by atoms with Gasteiger partial charge in [-0.1, -0.05) is 58.3 Å². The SMILES string of the molecule is CO[C@H](OC(=O)Cn1c(=O)sc2ccccc21)C(Cl)(Cl)Cl. The number of alkyl halides is 3. The van der Waals surface area contributed by atoms with Crippen LogP contribution in [0, 0.1) is 0 Å². The molecule has 0 saturated heterocycles. The minimum Gasteiger partial charge on any atom is -0.430 e. The number of halogens is 3. The highest BCUT2D eigenvalue weighted by Gasteiger charge is 2.36. The molecule has 0 bridgehead atoms. The first-order chi connectivity index (χ1) is 9.82. The summed E-state index contributed by atoms with van der Waals surface area (Å²) in [7, 11) is 1.24. The van der Waals surface area contributed by atoms with Crippen molar-refractivity contribution < 1.29 is 14.3 Å². The number of nitrogens with zero attached hydrogens (tertiary/aromatic N) is 1. The van der Waals surface area contributed by atoms with Gasteiger partial charge in [-0.05, 0) is 12.1 Å². The minimum absolute atomic E-state index is 0.268. The number of hydrogen-bond donors (Lipinski definition) is 0. The highest BCUT2D eigenvalue weighted by Crippen LogP contribution is 2.32. The van der Waals surface area contributed by atoms with Gasteiger partial charge in [0.25, 0.3) is 10.1 Å². The van der Waals surface area contributed by atoms with Crippen LogP contribution in [0.5, 0.6) is 0 Å². The normalized spacial score (nSPS) is 13.3. The molecule has 1 atom stereocenters. The van der Waals surface area contributed by atoms with Gasteiger partial charge in [0.2, 0.25) is 0 Å². The molecule has 9 heteroatoms. The summed E-state index contributed by atoms with van der Waals surface area (Å²) < 4.78 is 9.89. The fourth-order valence-corrected chi connectivity index (χ4v) is 2.99. The number of thiazole rings is 1. The first-order valence-corrected chi connectivity index (χ1v) is 7.65. The number of carbonyl (C=O) groups excluding carboxylic acids is 1. The number of hydrogen-bond acceptors (Lipinski definition) is 5. The minimum atomic E-state index is -1.91. The molecule has 0 N–H and O–H groups in total. The topological polar surface area (TPSA) is 57.5 Å². The molecule has 1 aromatic heterocycles. The van der Waals surface area contributed by atoms with Gasteiger partial charge in [0.15, 0.2) is 0 Å². The van der Waals surface area contributed by atoms with E-state index in [0.717, 1.165) is 16.0 Å². The van der Waals surface area contributed by atoms with Crippen molar-refractivity contribution in [3.8, 4) is 0 Å². The number of para-hydroxylation sites is 1. The molecule has 0 aliphatic rings. The second-order valence-corrected chi connectivity index (χ2v) is 7.38. The molecule has 0 amide bonds. The summed E-state index contributed by atoms with van der Waals surface area (Å²) in [5, 5.41) is 0. The lowest BCUT2D eigenvalue weighted by molar-refractivity contribution is -0.173. The first-order valence-electron chi connectivity index (χ1n) is 5.70. The maximum atomic E-state index is 11.9. The highest BCUT2D eigenvalue weighted by atomic mass is 35.6. The summed E-state index contributed by atoms with van der Waals surface area (Å²) in [6.45, 7) is -0.288. The molecule has 0 spiro atoms. The first kappa shape index (κ1) is 16.6. The zero-order valence-corrected chi connectivity index (χ0v) is 13.8. The molecule has 0 unspecified atom stereocenters. The standard InChI is InChI=1S/C12H10Cl3NO4S/c1-19-10(12(13,14)15)20-9(17)6-16-7-4-2-3-5-8(7)21-11(16)18/h2-5,10H,6H2,1H3/t10-/m1/s1. The van der Waals surface area contributed by atoms with E-state index in [9.17, 15) is 9.59 Å². The zero-order valence-electron chi connectivity index (χ0n) is 10.7. The number of rotatable bonds is 4. The van der Waals surface area contributed by atoms with E-state index in [4.69, 9.17) is 44.3 Å². The quantitative estimate of drug-likeness (QED) is 0.472. The van der Waals surface area contributed by atoms with Crippen LogP contribution in [-0.4, -0.2) is 27.7 Å². The Morgan fingerprint density at radius 1 is 1.38 bits per heavy atom. The number of aromatic nitrogens is 1. The Balaban J connectivity index is 2.19. The van der Waals surface area contributed by atoms with E-state index in [1.807, 2.05) is 6.07 Å². The summed E-state index contributed by atoms with van der Waals surface area (Å²) in [6, 6.07) is 7.12. The molecule has 114 valence electrons. The van der Waals surface area contributed by atoms with Crippen molar-refractivity contribution in [2.75, 3.05) is 7.11 Å². The Morgan fingerprint density at radius 3 is 2.67 bits per heavy atom. The van der Waals surface area contributed by atoms with E-state index in [-0.39, 0.29) is 11.4 Å². The van der Waals surface area contributed by atoms with Crippen LogP contribution in [0.15, 0.2) is 29.1 Å². The average Bonchev–Trinajstić information content (AvgIpc) is 2.71. The second-order valence-electron chi connectivity index (χ2n) is 4.02. The van der Waals surface area contributed by atoms with Crippen LogP contribution >= 0.6 is 46.1 Å². The highest BCUT2D eigenvalue weighted by molar-refractivity contribution is 7.16. The van der Waals surface area contributed by atoms with E-state index in [2.05, 4.69) is 0 Å². The van der Waals surface area contributed by atoms with Gasteiger partial charge in [0.05, 0.1) is 10.2 Å². The van der Waals surface area contributed by atoms with Crippen LogP contribution in [0.25, 0.3) is 10.2 Å². The van der Waals surface area contributed by atoms with Crippen LogP contribution in [0.1, 0.15) is 0 Å². The maximum Gasteiger partial charge on any atom is 0.328 e. The summed E-state index contributed by atoms with van der Waals surface area (Å²) in [4.78, 5) is 23.5. The molecular weight excluding hydrogens is 361 g/mol. The monoisotopic (exact) mass is 369 g/mol. The Kier molecular flexibility index (Phi) is 5.16. The molecule has 0 aliphatic heterocycles. The average molecular weight is 371 g/mol. The number of carbonyl (C=O) groups is 1. The molecule has 0 fully saturated rings. The lowest BCUT2D eigenvalue weighted by Crippen LogP contribution is -2.34. The fourth-order valence-electron chi connectivity index (χ4n) is 1.70. The van der Waals surface area contributed by atoms with Gasteiger partial charge in [-0.3, -0.25) is 14.2 Å². The van der Waals surface area contributed by atoms with Crippen molar-refractivity contribution >= 4 is 62.3 Å². The predicted octanol–water partition coefficient (Wildman–Crippen LogP) is 2.95. The lowest BCUT2D eigenvalue weighted by atomic mass is 10.3. The molecule has 5 nitrogen and oxygen atoms in total. The van der Waals surface area contributed by atoms with Crippen LogP contribution in [-0.2, 0) is 20.8 Å². The smallest absolute Gasteiger partial charge is 0.328 e. The Bertz CT molecular complexity index is 706. The van der Waals surface area contributed by atoms with Crippen molar-refractivity contribution in [2.24, 2.45) is 0 Å². The van der Waals surface area contributed by atoms with E-state index in [1.165, 1.54) is 11.7 Å². The Hall–Kier alpha value is -0.790. The van der Waals surface area contributed by atoms with Crippen LogP contribution in [0.2, 0.25) is 0 Å². The van der Waals surface area contributed by atoms with Crippen molar-refractivity contribution in [3.05, 3.63) is 33.9 Å². The molecule has 2 aromatic rings. The van der Waals surface area contributed by atoms with Gasteiger partial charge in [-0.15, -0.1) is 0 Å². The largest absolute Gasteiger partial charge is 0.430 e. The summed E-state index contributed by atoms with van der Waals surface area (Å²) in [6.07, 6.45) is -1.35. The maximum absolute atomic E-state index is 11.9. The summed E-state index contributed by atoms with van der Waals surface area (Å²) >= 11 is 17.9. The fraction of sp³-hybridized carbons (Fsp3) is 0.333. The van der Waals surface area contributed by atoms with Crippen LogP contribution < -0.4 is 4.87 Å². The van der Waals surface area contributed by atoms with Gasteiger partial charge in [0.1, 0.15) is 6.54 Å². The predicted molar refractivity (Wildman–Crippen MR) is 83.3 cm³/mol. The molecule has 0 saturated carbocycles. The third-order valence-electron chi connectivity index (χ3n) is 2.58. The van der Waals surface area contributed by atoms with Crippen LogP contribution in [0.4, 0.5) is 0 Å². The zero-order chi connectivity index (χ0) is 15.6. The molecule has 0 radical (unpaired) electrons. The molecule has 21 heavy (non-hydrogen) atoms. The van der Waals surface area contributed by atoms with Crippen molar-refractivity contribution in [2.45, 2.75) is 16.6 Å². The molecule has 1 heterocycles. The molecule has 0 aliphatic carbocycles. The number of ether oxygens (including phenoxy) is 2. The number of methoxy groups -OCH3 is 1. The lowest BCUT2D eigenvalue weighted by Gasteiger charge is -2.22. The third kappa shape index (κ3) is 3.90. The van der Waals surface area contributed by atoms with E-state index >= 15 is 0 Å². The van der Waals surface area contributed by atoms with Gasteiger partial charge < -0.3 is 9.47 Å². The van der Waals surface area contributed by atoms with E-state index < -0.39 is 16.1 Å². The van der Waals surface area contributed by atoms with Gasteiger partial charge in [0, 0.05) is 7.11 Å². The van der Waals surface area contributed by atoms with Gasteiger partial charge in [-0.2, -0.15) is 0 Å². The second kappa shape index (κ2) is 6.54. The molecular formula is C12H10Cl3NO4S. The summed E-state index contributed by atoms with van der Waals surface area (Å²) in [5.41, 5.74) is 0.646. The van der Waals surface area contributed by atoms with Crippen LogP contribution in [0.3, 0.4) is 0 Å². The van der Waals surface area contributed by atoms with E-state index in [1.54, 1.807) is 18.2 Å². The number of esters is 1. The van der Waals surface area contributed by atoms with Crippen molar-refractivity contribution in [1.82, 2.24) is 4.57 Å². The molecule has 1 aromatic carbocycles. The number of benzene rings is 1. The van der Waals surface area contributed by atoms with E-state index in [0.29, 0.717) is 5.52 Å². The molecule has 2 rings (SSSR count). The van der Waals surface area contributed by atoms with Gasteiger partial charge >= 0.3 is 10.8 Å². The Labute approximate surface area is 138 Å². The number of fused-ring (bicyclic) bond motifs is 1. The summed E-state index contributed by atoms with van der Waals surface area (Å²) in [5.74, 6) is -0.737.